The minimum atomic E-state index is -0.503. The number of anilines is 3. The maximum Gasteiger partial charge on any atom is 0.279 e. The fourth-order valence-corrected chi connectivity index (χ4v) is 3.89. The van der Waals surface area contributed by atoms with Crippen LogP contribution < -0.4 is 21.5 Å². The number of rotatable bonds is 7. The number of amides is 1. The average molecular weight is 479 g/mol. The Morgan fingerprint density at radius 3 is 2.80 bits per heavy atom. The van der Waals surface area contributed by atoms with Gasteiger partial charge in [0.25, 0.3) is 11.5 Å². The van der Waals surface area contributed by atoms with Crippen molar-refractivity contribution in [1.82, 2.24) is 25.0 Å². The number of fused-ring (bicyclic) bond motifs is 1. The van der Waals surface area contributed by atoms with Crippen molar-refractivity contribution in [2.24, 2.45) is 0 Å². The Kier molecular flexibility index (Phi) is 5.87. The SMILES string of the molecule is CNc1cc(Nc2cccn(-c3ccc(F)cn3)c2=O)nc2c(C(=O)N[C@@H]3CC[C@H]3OC)noc12. The van der Waals surface area contributed by atoms with Gasteiger partial charge in [-0.3, -0.25) is 14.2 Å². The van der Waals surface area contributed by atoms with Gasteiger partial charge in [-0.25, -0.2) is 14.4 Å². The summed E-state index contributed by atoms with van der Waals surface area (Å²) in [5, 5.41) is 12.8. The Hall–Kier alpha value is -4.32. The van der Waals surface area contributed by atoms with Crippen molar-refractivity contribution in [2.75, 3.05) is 24.8 Å². The Balaban J connectivity index is 1.48. The summed E-state index contributed by atoms with van der Waals surface area (Å²) in [5.74, 6) is -0.370. The molecule has 180 valence electrons. The number of nitrogens with zero attached hydrogens (tertiary/aromatic N) is 4. The van der Waals surface area contributed by atoms with Gasteiger partial charge >= 0.3 is 0 Å². The number of aromatic nitrogens is 4. The van der Waals surface area contributed by atoms with E-state index in [1.165, 1.54) is 22.9 Å². The monoisotopic (exact) mass is 479 g/mol. The predicted molar refractivity (Wildman–Crippen MR) is 126 cm³/mol. The predicted octanol–water partition coefficient (Wildman–Crippen LogP) is 2.60. The number of methoxy groups -OCH3 is 1. The average Bonchev–Trinajstić information content (AvgIpc) is 3.27. The zero-order chi connectivity index (χ0) is 24.5. The highest BCUT2D eigenvalue weighted by atomic mass is 19.1. The smallest absolute Gasteiger partial charge is 0.279 e. The van der Waals surface area contributed by atoms with E-state index >= 15 is 0 Å². The highest BCUT2D eigenvalue weighted by Crippen LogP contribution is 2.29. The van der Waals surface area contributed by atoms with Crippen LogP contribution in [0.1, 0.15) is 23.3 Å². The van der Waals surface area contributed by atoms with Gasteiger partial charge in [0.1, 0.15) is 28.7 Å². The largest absolute Gasteiger partial charge is 0.385 e. The number of nitrogens with one attached hydrogen (secondary N) is 3. The molecule has 5 rings (SSSR count). The van der Waals surface area contributed by atoms with Crippen LogP contribution >= 0.6 is 0 Å². The fraction of sp³-hybridized carbons (Fsp3) is 0.261. The first-order chi connectivity index (χ1) is 17.0. The number of hydrogen-bond acceptors (Lipinski definition) is 9. The van der Waals surface area contributed by atoms with E-state index in [0.717, 1.165) is 19.0 Å². The number of pyridine rings is 3. The number of ether oxygens (including phenoxy) is 1. The molecule has 0 aliphatic heterocycles. The molecule has 4 heterocycles. The second-order valence-electron chi connectivity index (χ2n) is 8.00. The molecule has 0 unspecified atom stereocenters. The number of carbonyl (C=O) groups is 1. The van der Waals surface area contributed by atoms with E-state index < -0.39 is 17.3 Å². The van der Waals surface area contributed by atoms with E-state index in [-0.39, 0.29) is 34.9 Å². The van der Waals surface area contributed by atoms with Gasteiger partial charge in [-0.05, 0) is 37.1 Å². The van der Waals surface area contributed by atoms with Crippen LogP contribution in [0.25, 0.3) is 16.9 Å². The van der Waals surface area contributed by atoms with Crippen LogP contribution in [0.5, 0.6) is 0 Å². The van der Waals surface area contributed by atoms with Crippen molar-refractivity contribution in [3.8, 4) is 5.82 Å². The van der Waals surface area contributed by atoms with E-state index in [2.05, 4.69) is 31.1 Å². The van der Waals surface area contributed by atoms with E-state index in [1.54, 1.807) is 32.4 Å². The Labute approximate surface area is 198 Å². The first kappa shape index (κ1) is 22.5. The highest BCUT2D eigenvalue weighted by molar-refractivity contribution is 6.05. The molecule has 4 aromatic heterocycles. The quantitative estimate of drug-likeness (QED) is 0.365. The van der Waals surface area contributed by atoms with E-state index in [1.807, 2.05) is 0 Å². The molecular formula is C23H22FN7O4. The van der Waals surface area contributed by atoms with Gasteiger partial charge in [0.2, 0.25) is 5.58 Å². The molecule has 3 N–H and O–H groups in total. The summed E-state index contributed by atoms with van der Waals surface area (Å²) in [6.45, 7) is 0. The van der Waals surface area contributed by atoms with E-state index in [4.69, 9.17) is 9.26 Å². The molecule has 1 fully saturated rings. The molecule has 11 nitrogen and oxygen atoms in total. The molecule has 35 heavy (non-hydrogen) atoms. The van der Waals surface area contributed by atoms with Gasteiger partial charge in [-0.1, -0.05) is 5.16 Å². The summed E-state index contributed by atoms with van der Waals surface area (Å²) in [4.78, 5) is 34.4. The topological polar surface area (TPSA) is 136 Å². The van der Waals surface area contributed by atoms with E-state index in [0.29, 0.717) is 17.1 Å². The fourth-order valence-electron chi connectivity index (χ4n) is 3.89. The van der Waals surface area contributed by atoms with Gasteiger partial charge in [-0.2, -0.15) is 0 Å². The van der Waals surface area contributed by atoms with Crippen molar-refractivity contribution in [3.63, 3.8) is 0 Å². The third-order valence-corrected chi connectivity index (χ3v) is 5.91. The van der Waals surface area contributed by atoms with Gasteiger partial charge in [0.15, 0.2) is 5.69 Å². The molecule has 0 aromatic carbocycles. The lowest BCUT2D eigenvalue weighted by atomic mass is 9.89. The number of halogens is 1. The Morgan fingerprint density at radius 1 is 1.26 bits per heavy atom. The lowest BCUT2D eigenvalue weighted by Gasteiger charge is -2.35. The van der Waals surface area contributed by atoms with Crippen LogP contribution in [-0.4, -0.2) is 51.9 Å². The van der Waals surface area contributed by atoms with Gasteiger partial charge in [0, 0.05) is 26.4 Å². The van der Waals surface area contributed by atoms with Crippen LogP contribution in [0.3, 0.4) is 0 Å². The van der Waals surface area contributed by atoms with Crippen LogP contribution in [0.15, 0.2) is 52.0 Å². The van der Waals surface area contributed by atoms with Crippen LogP contribution in [0.4, 0.5) is 21.6 Å². The molecule has 0 radical (unpaired) electrons. The zero-order valence-corrected chi connectivity index (χ0v) is 18.9. The standard InChI is InChI=1S/C23H22FN7O4/c1-25-15-10-17(27-14-4-3-9-31(23(14)33)18-8-5-12(24)11-26-18)29-19-20(30-35-21(15)19)22(32)28-13-6-7-16(13)34-2/h3-5,8-11,13,16H,6-7H2,1-2H3,(H,28,32)(H2,25,27,29)/t13-,16-/m1/s1. The molecule has 1 saturated carbocycles. The molecule has 1 aliphatic rings. The van der Waals surface area contributed by atoms with Crippen molar-refractivity contribution >= 4 is 34.2 Å². The van der Waals surface area contributed by atoms with E-state index in [9.17, 15) is 14.0 Å². The third kappa shape index (κ3) is 4.19. The first-order valence-corrected chi connectivity index (χ1v) is 10.9. The molecule has 0 bridgehead atoms. The minimum Gasteiger partial charge on any atom is -0.385 e. The zero-order valence-electron chi connectivity index (χ0n) is 18.9. The summed E-state index contributed by atoms with van der Waals surface area (Å²) in [7, 11) is 3.30. The normalized spacial score (nSPS) is 17.1. The Morgan fingerprint density at radius 2 is 2.11 bits per heavy atom. The summed E-state index contributed by atoms with van der Waals surface area (Å²) in [5.41, 5.74) is 0.885. The first-order valence-electron chi connectivity index (χ1n) is 10.9. The summed E-state index contributed by atoms with van der Waals surface area (Å²) >= 11 is 0. The maximum absolute atomic E-state index is 13.2. The molecule has 12 heteroatoms. The maximum atomic E-state index is 13.2. The van der Waals surface area contributed by atoms with Crippen molar-refractivity contribution in [2.45, 2.75) is 25.0 Å². The lowest BCUT2D eigenvalue weighted by molar-refractivity contribution is 0.00718. The molecule has 0 saturated heterocycles. The second-order valence-corrected chi connectivity index (χ2v) is 8.00. The summed E-state index contributed by atoms with van der Waals surface area (Å²) < 4.78 is 25.2. The second kappa shape index (κ2) is 9.14. The molecular weight excluding hydrogens is 457 g/mol. The van der Waals surface area contributed by atoms with Gasteiger partial charge in [-0.15, -0.1) is 0 Å². The number of hydrogen-bond donors (Lipinski definition) is 3. The van der Waals surface area contributed by atoms with Crippen molar-refractivity contribution < 1.29 is 18.4 Å². The minimum absolute atomic E-state index is 0.0305. The third-order valence-electron chi connectivity index (χ3n) is 5.91. The lowest BCUT2D eigenvalue weighted by Crippen LogP contribution is -2.51. The molecule has 0 spiro atoms. The number of carbonyl (C=O) groups excluding carboxylic acids is 1. The molecule has 1 amide bonds. The summed E-state index contributed by atoms with van der Waals surface area (Å²) in [6.07, 6.45) is 4.21. The van der Waals surface area contributed by atoms with Gasteiger partial charge < -0.3 is 25.2 Å². The van der Waals surface area contributed by atoms with Crippen molar-refractivity contribution in [1.29, 1.82) is 0 Å². The van der Waals surface area contributed by atoms with Gasteiger partial charge in [0.05, 0.1) is 24.0 Å². The summed E-state index contributed by atoms with van der Waals surface area (Å²) in [6, 6.07) is 7.38. The molecule has 4 aromatic rings. The molecule has 1 aliphatic carbocycles. The molecule has 2 atom stereocenters. The van der Waals surface area contributed by atoms with Crippen LogP contribution in [0, 0.1) is 5.82 Å². The highest BCUT2D eigenvalue weighted by Gasteiger charge is 2.33. The Bertz CT molecular complexity index is 1450. The van der Waals surface area contributed by atoms with Crippen molar-refractivity contribution in [3.05, 3.63) is 64.6 Å². The van der Waals surface area contributed by atoms with Crippen LogP contribution in [-0.2, 0) is 4.74 Å². The van der Waals surface area contributed by atoms with Crippen LogP contribution in [0.2, 0.25) is 0 Å².